The number of nitrogens with zero attached hydrogens (tertiary/aromatic N) is 1. The van der Waals surface area contributed by atoms with Crippen molar-refractivity contribution in [1.82, 2.24) is 4.90 Å². The van der Waals surface area contributed by atoms with E-state index in [1.807, 2.05) is 4.90 Å². The van der Waals surface area contributed by atoms with Crippen LogP contribution in [0.4, 0.5) is 0 Å². The number of carbonyl (C=O) groups excluding carboxylic acids is 1. The lowest BCUT2D eigenvalue weighted by molar-refractivity contribution is 0.0788. The monoisotopic (exact) mass is 335 g/mol. The van der Waals surface area contributed by atoms with Crippen LogP contribution in [0.5, 0.6) is 0 Å². The van der Waals surface area contributed by atoms with Crippen LogP contribution in [0.3, 0.4) is 0 Å². The molecule has 2 rings (SSSR count). The predicted octanol–water partition coefficient (Wildman–Crippen LogP) is 3.85. The summed E-state index contributed by atoms with van der Waals surface area (Å²) in [6.45, 7) is 1.62. The van der Waals surface area contributed by atoms with E-state index in [1.54, 1.807) is 18.2 Å². The van der Waals surface area contributed by atoms with Gasteiger partial charge in [0.05, 0.1) is 10.0 Å². The molecule has 2 nitrogen and oxygen atoms in total. The SMILES string of the molecule is O=C(c1ccc(Cl)c(Cl)c1)N1CCC(CBr)C1. The Morgan fingerprint density at radius 2 is 2.18 bits per heavy atom. The van der Waals surface area contributed by atoms with Crippen molar-refractivity contribution in [2.75, 3.05) is 18.4 Å². The van der Waals surface area contributed by atoms with Crippen LogP contribution in [0, 0.1) is 5.92 Å². The van der Waals surface area contributed by atoms with E-state index >= 15 is 0 Å². The number of hydrogen-bond acceptors (Lipinski definition) is 1. The smallest absolute Gasteiger partial charge is 0.253 e. The Balaban J connectivity index is 2.12. The second-order valence-electron chi connectivity index (χ2n) is 4.19. The van der Waals surface area contributed by atoms with Crippen LogP contribution in [0.1, 0.15) is 16.8 Å². The zero-order chi connectivity index (χ0) is 12.4. The lowest BCUT2D eigenvalue weighted by Crippen LogP contribution is -2.28. The Hall–Kier alpha value is -0.250. The van der Waals surface area contributed by atoms with Crippen LogP contribution >= 0.6 is 39.1 Å². The van der Waals surface area contributed by atoms with Gasteiger partial charge in [-0.1, -0.05) is 39.1 Å². The van der Waals surface area contributed by atoms with Crippen molar-refractivity contribution >= 4 is 45.0 Å². The Kier molecular flexibility index (Phi) is 4.34. The summed E-state index contributed by atoms with van der Waals surface area (Å²) >= 11 is 15.2. The van der Waals surface area contributed by atoms with Crippen molar-refractivity contribution in [3.8, 4) is 0 Å². The van der Waals surface area contributed by atoms with Gasteiger partial charge in [-0.2, -0.15) is 0 Å². The highest BCUT2D eigenvalue weighted by Gasteiger charge is 2.26. The molecule has 1 amide bonds. The number of halogens is 3. The molecule has 0 aromatic heterocycles. The van der Waals surface area contributed by atoms with Crippen LogP contribution in [0.25, 0.3) is 0 Å². The van der Waals surface area contributed by atoms with Crippen LogP contribution in [-0.4, -0.2) is 29.2 Å². The van der Waals surface area contributed by atoms with Gasteiger partial charge in [0.15, 0.2) is 0 Å². The Morgan fingerprint density at radius 3 is 2.76 bits per heavy atom. The number of alkyl halides is 1. The maximum Gasteiger partial charge on any atom is 0.253 e. The van der Waals surface area contributed by atoms with Gasteiger partial charge in [-0.05, 0) is 30.5 Å². The van der Waals surface area contributed by atoms with Crippen LogP contribution in [0.2, 0.25) is 10.0 Å². The average Bonchev–Trinajstić information content (AvgIpc) is 2.80. The predicted molar refractivity (Wildman–Crippen MR) is 74.3 cm³/mol. The van der Waals surface area contributed by atoms with Gasteiger partial charge in [0.25, 0.3) is 5.91 Å². The van der Waals surface area contributed by atoms with E-state index in [0.717, 1.165) is 24.8 Å². The highest BCUT2D eigenvalue weighted by molar-refractivity contribution is 9.09. The van der Waals surface area contributed by atoms with Crippen molar-refractivity contribution in [2.24, 2.45) is 5.92 Å². The van der Waals surface area contributed by atoms with E-state index in [2.05, 4.69) is 15.9 Å². The summed E-state index contributed by atoms with van der Waals surface area (Å²) in [7, 11) is 0. The Labute approximate surface area is 119 Å². The van der Waals surface area contributed by atoms with Crippen LogP contribution in [0.15, 0.2) is 18.2 Å². The zero-order valence-electron chi connectivity index (χ0n) is 9.13. The van der Waals surface area contributed by atoms with E-state index in [0.29, 0.717) is 21.5 Å². The first-order valence-corrected chi connectivity index (χ1v) is 7.30. The third kappa shape index (κ3) is 2.95. The summed E-state index contributed by atoms with van der Waals surface area (Å²) in [5.41, 5.74) is 0.606. The lowest BCUT2D eigenvalue weighted by Gasteiger charge is -2.16. The molecule has 1 heterocycles. The molecule has 0 bridgehead atoms. The standard InChI is InChI=1S/C12H12BrCl2NO/c13-6-8-3-4-16(7-8)12(17)9-1-2-10(14)11(15)5-9/h1-2,5,8H,3-4,6-7H2. The number of amides is 1. The van der Waals surface area contributed by atoms with E-state index in [-0.39, 0.29) is 5.91 Å². The molecule has 0 spiro atoms. The van der Waals surface area contributed by atoms with Gasteiger partial charge in [-0.25, -0.2) is 0 Å². The topological polar surface area (TPSA) is 20.3 Å². The minimum absolute atomic E-state index is 0.0343. The molecule has 0 N–H and O–H groups in total. The molecule has 5 heteroatoms. The van der Waals surface area contributed by atoms with Gasteiger partial charge < -0.3 is 4.90 Å². The minimum atomic E-state index is 0.0343. The Bertz CT molecular complexity index is 439. The third-order valence-corrected chi connectivity index (χ3v) is 4.61. The van der Waals surface area contributed by atoms with Gasteiger partial charge in [-0.15, -0.1) is 0 Å². The molecule has 1 atom stereocenters. The van der Waals surface area contributed by atoms with E-state index < -0.39 is 0 Å². The van der Waals surface area contributed by atoms with Crippen molar-refractivity contribution in [1.29, 1.82) is 0 Å². The summed E-state index contributed by atoms with van der Waals surface area (Å²) in [4.78, 5) is 14.0. The first-order valence-electron chi connectivity index (χ1n) is 5.42. The van der Waals surface area contributed by atoms with E-state index in [4.69, 9.17) is 23.2 Å². The number of rotatable bonds is 2. The highest BCUT2D eigenvalue weighted by atomic mass is 79.9. The fourth-order valence-electron chi connectivity index (χ4n) is 1.95. The molecule has 1 aliphatic rings. The van der Waals surface area contributed by atoms with Gasteiger partial charge in [-0.3, -0.25) is 4.79 Å². The first kappa shape index (κ1) is 13.2. The van der Waals surface area contributed by atoms with Gasteiger partial charge in [0.2, 0.25) is 0 Å². The second-order valence-corrected chi connectivity index (χ2v) is 5.65. The molecule has 1 aromatic rings. The average molecular weight is 337 g/mol. The summed E-state index contributed by atoms with van der Waals surface area (Å²) in [6, 6.07) is 5.01. The fraction of sp³-hybridized carbons (Fsp3) is 0.417. The first-order chi connectivity index (χ1) is 8.11. The van der Waals surface area contributed by atoms with Crippen molar-refractivity contribution < 1.29 is 4.79 Å². The van der Waals surface area contributed by atoms with Crippen LogP contribution < -0.4 is 0 Å². The third-order valence-electron chi connectivity index (χ3n) is 2.96. The number of benzene rings is 1. The molecule has 0 radical (unpaired) electrons. The summed E-state index contributed by atoms with van der Waals surface area (Å²) in [5, 5.41) is 1.84. The largest absolute Gasteiger partial charge is 0.338 e. The van der Waals surface area contributed by atoms with Crippen molar-refractivity contribution in [3.05, 3.63) is 33.8 Å². The van der Waals surface area contributed by atoms with E-state index in [1.165, 1.54) is 0 Å². The molecule has 1 unspecified atom stereocenters. The molecule has 1 aromatic carbocycles. The molecule has 17 heavy (non-hydrogen) atoms. The number of likely N-dealkylation sites (tertiary alicyclic amines) is 1. The normalized spacial score (nSPS) is 19.7. The maximum absolute atomic E-state index is 12.2. The number of hydrogen-bond donors (Lipinski definition) is 0. The maximum atomic E-state index is 12.2. The molecule has 0 aliphatic carbocycles. The minimum Gasteiger partial charge on any atom is -0.338 e. The molecule has 92 valence electrons. The molecular formula is C12H12BrCl2NO. The summed E-state index contributed by atoms with van der Waals surface area (Å²) in [5.74, 6) is 0.591. The van der Waals surface area contributed by atoms with Crippen molar-refractivity contribution in [3.63, 3.8) is 0 Å². The van der Waals surface area contributed by atoms with Gasteiger partial charge >= 0.3 is 0 Å². The van der Waals surface area contributed by atoms with Crippen molar-refractivity contribution in [2.45, 2.75) is 6.42 Å². The zero-order valence-corrected chi connectivity index (χ0v) is 12.2. The van der Waals surface area contributed by atoms with Gasteiger partial charge in [0.1, 0.15) is 0 Å². The van der Waals surface area contributed by atoms with Crippen LogP contribution in [-0.2, 0) is 0 Å². The highest BCUT2D eigenvalue weighted by Crippen LogP contribution is 2.25. The molecular weight excluding hydrogens is 325 g/mol. The molecule has 1 aliphatic heterocycles. The van der Waals surface area contributed by atoms with E-state index in [9.17, 15) is 4.79 Å². The summed E-state index contributed by atoms with van der Waals surface area (Å²) in [6.07, 6.45) is 1.05. The lowest BCUT2D eigenvalue weighted by atomic mass is 10.2. The Morgan fingerprint density at radius 1 is 1.41 bits per heavy atom. The summed E-state index contributed by atoms with van der Waals surface area (Å²) < 4.78 is 0. The van der Waals surface area contributed by atoms with Gasteiger partial charge in [0, 0.05) is 24.0 Å². The molecule has 0 saturated carbocycles. The molecule has 1 saturated heterocycles. The molecule has 1 fully saturated rings. The quantitative estimate of drug-likeness (QED) is 0.751. The fourth-order valence-corrected chi connectivity index (χ4v) is 2.78. The second kappa shape index (κ2) is 5.59. The number of carbonyl (C=O) groups is 1.